The van der Waals surface area contributed by atoms with E-state index in [9.17, 15) is 4.79 Å². The van der Waals surface area contributed by atoms with Crippen LogP contribution in [0.5, 0.6) is 11.5 Å². The summed E-state index contributed by atoms with van der Waals surface area (Å²) in [5.74, 6) is 1.62. The van der Waals surface area contributed by atoms with E-state index in [-0.39, 0.29) is 12.7 Å². The van der Waals surface area contributed by atoms with E-state index in [4.69, 9.17) is 15.2 Å². The van der Waals surface area contributed by atoms with Gasteiger partial charge in [-0.1, -0.05) is 6.07 Å². The molecule has 1 fully saturated rings. The lowest BCUT2D eigenvalue weighted by atomic mass is 10.1. The van der Waals surface area contributed by atoms with E-state index < -0.39 is 0 Å². The molecule has 0 saturated carbocycles. The van der Waals surface area contributed by atoms with E-state index in [0.717, 1.165) is 58.2 Å². The fraction of sp³-hybridized carbons (Fsp3) is 0.391. The van der Waals surface area contributed by atoms with E-state index in [1.54, 1.807) is 0 Å². The average Bonchev–Trinajstić information content (AvgIpc) is 3.36. The molecule has 8 heteroatoms. The van der Waals surface area contributed by atoms with E-state index >= 15 is 0 Å². The lowest BCUT2D eigenvalue weighted by Crippen LogP contribution is -2.48. The molecular formula is C23H26N4O3S. The molecule has 4 heterocycles. The predicted octanol–water partition coefficient (Wildman–Crippen LogP) is 3.49. The molecule has 0 aliphatic carbocycles. The zero-order valence-electron chi connectivity index (χ0n) is 18.0. The second-order valence-electron chi connectivity index (χ2n) is 8.23. The Hall–Kier alpha value is -2.84. The number of hydrogen-bond acceptors (Lipinski definition) is 7. The second-order valence-corrected chi connectivity index (χ2v) is 9.23. The monoisotopic (exact) mass is 438 g/mol. The molecule has 0 atom stereocenters. The number of carbonyl (C=O) groups is 1. The minimum Gasteiger partial charge on any atom is -0.454 e. The highest BCUT2D eigenvalue weighted by atomic mass is 32.1. The normalized spacial score (nSPS) is 16.3. The molecule has 3 aromatic rings. The van der Waals surface area contributed by atoms with Crippen molar-refractivity contribution in [3.8, 4) is 11.5 Å². The van der Waals surface area contributed by atoms with Gasteiger partial charge in [-0.25, -0.2) is 4.98 Å². The van der Waals surface area contributed by atoms with E-state index in [0.29, 0.717) is 23.7 Å². The van der Waals surface area contributed by atoms with Crippen LogP contribution in [0.1, 0.15) is 32.1 Å². The maximum atomic E-state index is 13.2. The summed E-state index contributed by atoms with van der Waals surface area (Å²) in [5, 5.41) is 0.929. The first-order valence-corrected chi connectivity index (χ1v) is 11.3. The van der Waals surface area contributed by atoms with Gasteiger partial charge >= 0.3 is 0 Å². The van der Waals surface area contributed by atoms with Crippen molar-refractivity contribution in [3.63, 3.8) is 0 Å². The summed E-state index contributed by atoms with van der Waals surface area (Å²) in [4.78, 5) is 23.6. The predicted molar refractivity (Wildman–Crippen MR) is 122 cm³/mol. The Morgan fingerprint density at radius 3 is 2.61 bits per heavy atom. The van der Waals surface area contributed by atoms with Crippen LogP contribution in [-0.2, 0) is 6.54 Å². The molecule has 5 rings (SSSR count). The third-order valence-corrected chi connectivity index (χ3v) is 7.46. The Balaban J connectivity index is 1.28. The van der Waals surface area contributed by atoms with Crippen LogP contribution in [0.3, 0.4) is 0 Å². The van der Waals surface area contributed by atoms with Gasteiger partial charge in [0.1, 0.15) is 9.71 Å². The van der Waals surface area contributed by atoms with Gasteiger partial charge in [-0.3, -0.25) is 9.69 Å². The van der Waals surface area contributed by atoms with Crippen molar-refractivity contribution in [2.24, 2.45) is 0 Å². The summed E-state index contributed by atoms with van der Waals surface area (Å²) >= 11 is 1.41. The Morgan fingerprint density at radius 1 is 1.10 bits per heavy atom. The van der Waals surface area contributed by atoms with E-state index in [2.05, 4.69) is 29.8 Å². The second kappa shape index (κ2) is 7.69. The van der Waals surface area contributed by atoms with Gasteiger partial charge in [-0.05, 0) is 49.6 Å². The van der Waals surface area contributed by atoms with Crippen molar-refractivity contribution < 1.29 is 14.3 Å². The molecule has 0 unspecified atom stereocenters. The number of aromatic nitrogens is 1. The molecular weight excluding hydrogens is 412 g/mol. The van der Waals surface area contributed by atoms with Gasteiger partial charge in [-0.2, -0.15) is 0 Å². The van der Waals surface area contributed by atoms with Crippen LogP contribution in [0.25, 0.3) is 10.2 Å². The number of rotatable bonds is 3. The highest BCUT2D eigenvalue weighted by molar-refractivity contribution is 7.21. The number of anilines is 1. The lowest BCUT2D eigenvalue weighted by Gasteiger charge is -2.34. The molecule has 0 radical (unpaired) electrons. The first kappa shape index (κ1) is 20.1. The molecule has 2 aromatic heterocycles. The number of nitrogens with two attached hydrogens (primary N) is 1. The van der Waals surface area contributed by atoms with Crippen LogP contribution in [-0.4, -0.2) is 53.7 Å². The zero-order chi connectivity index (χ0) is 21.7. The molecule has 2 aliphatic rings. The highest BCUT2D eigenvalue weighted by Crippen LogP contribution is 2.37. The van der Waals surface area contributed by atoms with Gasteiger partial charge in [-0.15, -0.1) is 11.3 Å². The highest BCUT2D eigenvalue weighted by Gasteiger charge is 2.27. The van der Waals surface area contributed by atoms with E-state index in [1.807, 2.05) is 24.0 Å². The van der Waals surface area contributed by atoms with Gasteiger partial charge < -0.3 is 20.1 Å². The van der Waals surface area contributed by atoms with Gasteiger partial charge in [0, 0.05) is 43.8 Å². The van der Waals surface area contributed by atoms with Crippen LogP contribution in [0, 0.1) is 20.8 Å². The van der Waals surface area contributed by atoms with Crippen LogP contribution in [0.2, 0.25) is 0 Å². The molecule has 7 nitrogen and oxygen atoms in total. The fourth-order valence-corrected chi connectivity index (χ4v) is 5.45. The molecule has 162 valence electrons. The Bertz CT molecular complexity index is 1180. The molecule has 2 N–H and O–H groups in total. The summed E-state index contributed by atoms with van der Waals surface area (Å²) in [6, 6.07) is 6.07. The zero-order valence-corrected chi connectivity index (χ0v) is 18.8. The number of nitrogens with zero attached hydrogens (tertiary/aromatic N) is 3. The van der Waals surface area contributed by atoms with E-state index in [1.165, 1.54) is 16.9 Å². The smallest absolute Gasteiger partial charge is 0.266 e. The SMILES string of the molecule is Cc1nc2sc(C(=O)N3CCN(Cc4ccc5c(c4)OCO5)CC3)c(N)c2c(C)c1C. The number of hydrogen-bond donors (Lipinski definition) is 1. The first-order valence-electron chi connectivity index (χ1n) is 10.5. The molecule has 1 saturated heterocycles. The molecule has 1 aromatic carbocycles. The summed E-state index contributed by atoms with van der Waals surface area (Å²) in [5.41, 5.74) is 11.4. The third kappa shape index (κ3) is 3.49. The number of aryl methyl sites for hydroxylation is 2. The molecule has 0 spiro atoms. The number of nitrogen functional groups attached to an aromatic ring is 1. The molecule has 2 aliphatic heterocycles. The number of fused-ring (bicyclic) bond motifs is 2. The van der Waals surface area contributed by atoms with Gasteiger partial charge in [0.05, 0.1) is 5.69 Å². The number of carbonyl (C=O) groups excluding carboxylic acids is 1. The van der Waals surface area contributed by atoms with Crippen LogP contribution in [0.15, 0.2) is 18.2 Å². The van der Waals surface area contributed by atoms with Gasteiger partial charge in [0.2, 0.25) is 6.79 Å². The van der Waals surface area contributed by atoms with Crippen molar-refractivity contribution >= 4 is 33.1 Å². The van der Waals surface area contributed by atoms with Crippen molar-refractivity contribution in [2.45, 2.75) is 27.3 Å². The summed E-state index contributed by atoms with van der Waals surface area (Å²) < 4.78 is 10.9. The Morgan fingerprint density at radius 2 is 1.84 bits per heavy atom. The minimum absolute atomic E-state index is 0.0120. The first-order chi connectivity index (χ1) is 14.9. The molecule has 1 amide bonds. The molecule has 31 heavy (non-hydrogen) atoms. The summed E-state index contributed by atoms with van der Waals surface area (Å²) in [6.07, 6.45) is 0. The standard InChI is InChI=1S/C23H26N4O3S/c1-13-14(2)19-20(24)21(31-22(19)25-15(13)3)23(28)27-8-6-26(7-9-27)11-16-4-5-17-18(10-16)30-12-29-17/h4-5,10H,6-9,11-12,24H2,1-3H3. The Labute approximate surface area is 185 Å². The number of thiophene rings is 1. The Kier molecular flexibility index (Phi) is 4.98. The largest absolute Gasteiger partial charge is 0.454 e. The maximum Gasteiger partial charge on any atom is 0.266 e. The lowest BCUT2D eigenvalue weighted by molar-refractivity contribution is 0.0634. The van der Waals surface area contributed by atoms with Crippen molar-refractivity contribution in [2.75, 3.05) is 38.7 Å². The van der Waals surface area contributed by atoms with Crippen molar-refractivity contribution in [3.05, 3.63) is 45.5 Å². The van der Waals surface area contributed by atoms with Gasteiger partial charge in [0.15, 0.2) is 11.5 Å². The van der Waals surface area contributed by atoms with Crippen LogP contribution in [0.4, 0.5) is 5.69 Å². The summed E-state index contributed by atoms with van der Waals surface area (Å²) in [7, 11) is 0. The number of benzene rings is 1. The van der Waals surface area contributed by atoms with Crippen LogP contribution < -0.4 is 15.2 Å². The number of piperazine rings is 1. The quantitative estimate of drug-likeness (QED) is 0.674. The van der Waals surface area contributed by atoms with Gasteiger partial charge in [0.25, 0.3) is 5.91 Å². The van der Waals surface area contributed by atoms with Crippen LogP contribution >= 0.6 is 11.3 Å². The summed E-state index contributed by atoms with van der Waals surface area (Å²) in [6.45, 7) is 10.2. The fourth-order valence-electron chi connectivity index (χ4n) is 4.28. The minimum atomic E-state index is 0.0120. The third-order valence-electron chi connectivity index (χ3n) is 6.37. The number of pyridine rings is 1. The number of amides is 1. The number of ether oxygens (including phenoxy) is 2. The molecule has 0 bridgehead atoms. The van der Waals surface area contributed by atoms with Crippen molar-refractivity contribution in [1.29, 1.82) is 0 Å². The topological polar surface area (TPSA) is 80.9 Å². The van der Waals surface area contributed by atoms with Crippen molar-refractivity contribution in [1.82, 2.24) is 14.8 Å². The maximum absolute atomic E-state index is 13.2. The average molecular weight is 439 g/mol.